The molecule has 0 saturated carbocycles. The number of benzene rings is 2. The Morgan fingerprint density at radius 3 is 2.22 bits per heavy atom. The van der Waals surface area contributed by atoms with Gasteiger partial charge in [-0.2, -0.15) is 0 Å². The highest BCUT2D eigenvalue weighted by molar-refractivity contribution is 5.98. The monoisotopic (exact) mass is 366 g/mol. The van der Waals surface area contributed by atoms with Gasteiger partial charge in [0.2, 0.25) is 0 Å². The molecule has 1 N–H and O–H groups in total. The van der Waals surface area contributed by atoms with Gasteiger partial charge >= 0.3 is 0 Å². The number of amides is 2. The minimum Gasteiger partial charge on any atom is -0.342 e. The third-order valence-electron chi connectivity index (χ3n) is 4.77. The van der Waals surface area contributed by atoms with E-state index >= 15 is 0 Å². The van der Waals surface area contributed by atoms with Crippen LogP contribution in [0.5, 0.6) is 0 Å². The number of carbonyl (C=O) groups is 2. The Morgan fingerprint density at radius 2 is 1.59 bits per heavy atom. The summed E-state index contributed by atoms with van der Waals surface area (Å²) < 4.78 is 13.3. The number of rotatable bonds is 2. The number of fused-ring (bicyclic) bond motifs is 1. The first-order valence-corrected chi connectivity index (χ1v) is 8.82. The summed E-state index contributed by atoms with van der Waals surface area (Å²) in [5.41, 5.74) is 2.58. The summed E-state index contributed by atoms with van der Waals surface area (Å²) in [5, 5.41) is 0. The molecule has 3 aromatic rings. The van der Waals surface area contributed by atoms with Crippen LogP contribution in [0.25, 0.3) is 11.0 Å². The molecule has 27 heavy (non-hydrogen) atoms. The molecule has 0 unspecified atom stereocenters. The van der Waals surface area contributed by atoms with Crippen molar-refractivity contribution in [1.29, 1.82) is 0 Å². The summed E-state index contributed by atoms with van der Waals surface area (Å²) in [6, 6.07) is 11.1. The van der Waals surface area contributed by atoms with Crippen molar-refractivity contribution >= 4 is 22.8 Å². The fourth-order valence-corrected chi connectivity index (χ4v) is 3.37. The molecule has 0 radical (unpaired) electrons. The molecule has 0 aliphatic carbocycles. The molecular formula is C20H19FN4O2. The third-order valence-corrected chi connectivity index (χ3v) is 4.77. The zero-order valence-electron chi connectivity index (χ0n) is 14.9. The lowest BCUT2D eigenvalue weighted by molar-refractivity contribution is 0.0535. The zero-order valence-corrected chi connectivity index (χ0v) is 14.9. The van der Waals surface area contributed by atoms with Gasteiger partial charge in [-0.25, -0.2) is 9.37 Å². The maximum absolute atomic E-state index is 13.3. The van der Waals surface area contributed by atoms with Gasteiger partial charge in [0.15, 0.2) is 0 Å². The molecule has 1 aromatic heterocycles. The highest BCUT2D eigenvalue weighted by atomic mass is 19.1. The van der Waals surface area contributed by atoms with E-state index in [0.29, 0.717) is 37.3 Å². The van der Waals surface area contributed by atoms with Crippen LogP contribution in [0.1, 0.15) is 26.5 Å². The third kappa shape index (κ3) is 3.40. The van der Waals surface area contributed by atoms with Crippen LogP contribution in [-0.4, -0.2) is 57.8 Å². The van der Waals surface area contributed by atoms with E-state index in [0.717, 1.165) is 16.9 Å². The van der Waals surface area contributed by atoms with Crippen LogP contribution in [0.4, 0.5) is 4.39 Å². The SMILES string of the molecule is Cc1nc2ccc(C(=O)N3CCN(C(=O)c4cccc(F)c4)CC3)cc2[nH]1. The maximum atomic E-state index is 13.3. The Hall–Kier alpha value is -3.22. The van der Waals surface area contributed by atoms with Gasteiger partial charge in [-0.3, -0.25) is 9.59 Å². The van der Waals surface area contributed by atoms with E-state index in [-0.39, 0.29) is 11.8 Å². The Morgan fingerprint density at radius 1 is 0.963 bits per heavy atom. The molecular weight excluding hydrogens is 347 g/mol. The van der Waals surface area contributed by atoms with Gasteiger partial charge in [-0.15, -0.1) is 0 Å². The molecule has 2 heterocycles. The summed E-state index contributed by atoms with van der Waals surface area (Å²) in [6.07, 6.45) is 0. The fraction of sp³-hybridized carbons (Fsp3) is 0.250. The predicted octanol–water partition coefficient (Wildman–Crippen LogP) is 2.61. The highest BCUT2D eigenvalue weighted by Crippen LogP contribution is 2.17. The minimum absolute atomic E-state index is 0.0676. The summed E-state index contributed by atoms with van der Waals surface area (Å²) in [6.45, 7) is 3.61. The van der Waals surface area contributed by atoms with Crippen LogP contribution in [-0.2, 0) is 0 Å². The van der Waals surface area contributed by atoms with E-state index in [1.807, 2.05) is 19.1 Å². The van der Waals surface area contributed by atoms with Crippen molar-refractivity contribution in [1.82, 2.24) is 19.8 Å². The number of imidazole rings is 1. The van der Waals surface area contributed by atoms with Gasteiger partial charge in [0.05, 0.1) is 11.0 Å². The molecule has 1 aliphatic rings. The van der Waals surface area contributed by atoms with Crippen molar-refractivity contribution in [2.75, 3.05) is 26.2 Å². The fourth-order valence-electron chi connectivity index (χ4n) is 3.37. The molecule has 2 aromatic carbocycles. The Labute approximate surface area is 155 Å². The number of halogens is 1. The Bertz CT molecular complexity index is 1020. The number of piperazine rings is 1. The van der Waals surface area contributed by atoms with Crippen molar-refractivity contribution in [2.45, 2.75) is 6.92 Å². The normalized spacial score (nSPS) is 14.6. The number of carbonyl (C=O) groups excluding carboxylic acids is 2. The van der Waals surface area contributed by atoms with E-state index in [1.54, 1.807) is 21.9 Å². The van der Waals surface area contributed by atoms with E-state index < -0.39 is 5.82 Å². The van der Waals surface area contributed by atoms with E-state index in [2.05, 4.69) is 9.97 Å². The summed E-state index contributed by atoms with van der Waals surface area (Å²) in [7, 11) is 0. The topological polar surface area (TPSA) is 69.3 Å². The molecule has 2 amide bonds. The number of aromatic amines is 1. The van der Waals surface area contributed by atoms with Crippen LogP contribution in [0.15, 0.2) is 42.5 Å². The number of hydrogen-bond donors (Lipinski definition) is 1. The van der Waals surface area contributed by atoms with Gasteiger partial charge in [-0.05, 0) is 43.3 Å². The van der Waals surface area contributed by atoms with Crippen molar-refractivity contribution in [3.8, 4) is 0 Å². The second-order valence-electron chi connectivity index (χ2n) is 6.65. The van der Waals surface area contributed by atoms with Gasteiger partial charge in [0.25, 0.3) is 11.8 Å². The number of nitrogens with zero attached hydrogens (tertiary/aromatic N) is 3. The van der Waals surface area contributed by atoms with Crippen molar-refractivity contribution < 1.29 is 14.0 Å². The molecule has 6 nitrogen and oxygen atoms in total. The van der Waals surface area contributed by atoms with E-state index in [1.165, 1.54) is 18.2 Å². The largest absolute Gasteiger partial charge is 0.342 e. The van der Waals surface area contributed by atoms with Gasteiger partial charge in [0.1, 0.15) is 11.6 Å². The predicted molar refractivity (Wildman–Crippen MR) is 99.0 cm³/mol. The molecule has 0 bridgehead atoms. The van der Waals surface area contributed by atoms with Crippen LogP contribution < -0.4 is 0 Å². The lowest BCUT2D eigenvalue weighted by Crippen LogP contribution is -2.50. The second-order valence-corrected chi connectivity index (χ2v) is 6.65. The quantitative estimate of drug-likeness (QED) is 0.758. The number of H-pyrrole nitrogens is 1. The first-order chi connectivity index (χ1) is 13.0. The Kier molecular flexibility index (Phi) is 4.35. The average Bonchev–Trinajstić information content (AvgIpc) is 3.06. The molecule has 138 valence electrons. The summed E-state index contributed by atoms with van der Waals surface area (Å²) in [4.78, 5) is 36.1. The van der Waals surface area contributed by atoms with E-state index in [4.69, 9.17) is 0 Å². The number of aromatic nitrogens is 2. The molecule has 0 spiro atoms. The number of aryl methyl sites for hydroxylation is 1. The van der Waals surface area contributed by atoms with E-state index in [9.17, 15) is 14.0 Å². The van der Waals surface area contributed by atoms with Gasteiger partial charge < -0.3 is 14.8 Å². The molecule has 4 rings (SSSR count). The summed E-state index contributed by atoms with van der Waals surface area (Å²) in [5.74, 6) is 0.0936. The number of hydrogen-bond acceptors (Lipinski definition) is 3. The standard InChI is InChI=1S/C20H19FN4O2/c1-13-22-17-6-5-15(12-18(17)23-13)20(27)25-9-7-24(8-10-25)19(26)14-3-2-4-16(21)11-14/h2-6,11-12H,7-10H2,1H3,(H,22,23). The van der Waals surface area contributed by atoms with Crippen molar-refractivity contribution in [2.24, 2.45) is 0 Å². The summed E-state index contributed by atoms with van der Waals surface area (Å²) >= 11 is 0. The van der Waals surface area contributed by atoms with Crippen LogP contribution in [0.3, 0.4) is 0 Å². The molecule has 0 atom stereocenters. The molecule has 1 aliphatic heterocycles. The molecule has 7 heteroatoms. The first kappa shape index (κ1) is 17.2. The smallest absolute Gasteiger partial charge is 0.254 e. The second kappa shape index (κ2) is 6.83. The van der Waals surface area contributed by atoms with Crippen molar-refractivity contribution in [3.63, 3.8) is 0 Å². The lowest BCUT2D eigenvalue weighted by atomic mass is 10.1. The van der Waals surface area contributed by atoms with Crippen molar-refractivity contribution in [3.05, 3.63) is 65.2 Å². The maximum Gasteiger partial charge on any atom is 0.254 e. The van der Waals surface area contributed by atoms with Crippen LogP contribution in [0.2, 0.25) is 0 Å². The molecule has 1 fully saturated rings. The minimum atomic E-state index is -0.431. The average molecular weight is 366 g/mol. The highest BCUT2D eigenvalue weighted by Gasteiger charge is 2.26. The van der Waals surface area contributed by atoms with Crippen LogP contribution >= 0.6 is 0 Å². The Balaban J connectivity index is 1.43. The lowest BCUT2D eigenvalue weighted by Gasteiger charge is -2.34. The van der Waals surface area contributed by atoms with Gasteiger partial charge in [0, 0.05) is 37.3 Å². The number of nitrogens with one attached hydrogen (secondary N) is 1. The van der Waals surface area contributed by atoms with Crippen LogP contribution in [0, 0.1) is 12.7 Å². The molecule has 1 saturated heterocycles. The zero-order chi connectivity index (χ0) is 19.0. The van der Waals surface area contributed by atoms with Gasteiger partial charge in [-0.1, -0.05) is 6.07 Å². The first-order valence-electron chi connectivity index (χ1n) is 8.82.